The summed E-state index contributed by atoms with van der Waals surface area (Å²) >= 11 is 0. The molecular weight excluding hydrogens is 165 g/mol. The molecule has 0 heterocycles. The third-order valence-electron chi connectivity index (χ3n) is 0.146. The normalized spacial score (nSPS) is 9.75. The summed E-state index contributed by atoms with van der Waals surface area (Å²) in [4.78, 5) is 31.3. The van der Waals surface area contributed by atoms with Crippen LogP contribution in [0.2, 0.25) is 0 Å². The Labute approximate surface area is 70.6 Å². The van der Waals surface area contributed by atoms with Crippen LogP contribution in [-0.2, 0) is 4.31 Å². The van der Waals surface area contributed by atoms with Crippen LogP contribution in [0.25, 0.3) is 0 Å². The zero-order valence-corrected chi connectivity index (χ0v) is 7.88. The van der Waals surface area contributed by atoms with E-state index in [1.54, 1.807) is 0 Å². The Balaban J connectivity index is 0. The molecule has 0 spiro atoms. The fourth-order valence-corrected chi connectivity index (χ4v) is 0.588. The first-order valence-corrected chi connectivity index (χ1v) is 3.50. The van der Waals surface area contributed by atoms with Crippen molar-refractivity contribution in [2.45, 2.75) is 0 Å². The van der Waals surface area contributed by atoms with Crippen LogP contribution in [-0.4, -0.2) is 49.1 Å². The fraction of sp³-hybridized carbons (Fsp3) is 0. The maximum Gasteiger partial charge on any atom is 0.334 e. The van der Waals surface area contributed by atoms with Crippen LogP contribution in [0, 0.1) is 0 Å². The van der Waals surface area contributed by atoms with Crippen molar-refractivity contribution < 1.29 is 23.9 Å². The molecule has 0 aromatic carbocycles. The molecule has 8 heteroatoms. The second-order valence-electron chi connectivity index (χ2n) is 0.587. The molecular formula is H4NaO5P2. The predicted molar refractivity (Wildman–Crippen MR) is 29.6 cm³/mol. The maximum absolute atomic E-state index is 7.82. The van der Waals surface area contributed by atoms with Crippen molar-refractivity contribution in [2.75, 3.05) is 0 Å². The van der Waals surface area contributed by atoms with Gasteiger partial charge in [0, 0.05) is 29.6 Å². The summed E-state index contributed by atoms with van der Waals surface area (Å²) in [5.41, 5.74) is 0. The van der Waals surface area contributed by atoms with Crippen LogP contribution in [0.3, 0.4) is 0 Å². The average Bonchev–Trinajstić information content (AvgIpc) is 1.27. The first-order valence-electron chi connectivity index (χ1n) is 1.17. The Morgan fingerprint density at radius 1 is 0.875 bits per heavy atom. The van der Waals surface area contributed by atoms with Crippen LogP contribution >= 0.6 is 17.2 Å². The van der Waals surface area contributed by atoms with Crippen LogP contribution < -0.4 is 0 Å². The monoisotopic (exact) mass is 169 g/mol. The molecule has 0 aliphatic carbocycles. The molecule has 8 heavy (non-hydrogen) atoms. The van der Waals surface area contributed by atoms with Crippen molar-refractivity contribution in [3.63, 3.8) is 0 Å². The summed E-state index contributed by atoms with van der Waals surface area (Å²) < 4.78 is 3.60. The summed E-state index contributed by atoms with van der Waals surface area (Å²) in [5.74, 6) is 0. The van der Waals surface area contributed by atoms with E-state index in [-0.39, 0.29) is 29.6 Å². The zero-order chi connectivity index (χ0) is 5.86. The summed E-state index contributed by atoms with van der Waals surface area (Å²) in [5, 5.41) is 0. The summed E-state index contributed by atoms with van der Waals surface area (Å²) in [6.45, 7) is 0. The minimum Gasteiger partial charge on any atom is -0.328 e. The molecule has 4 N–H and O–H groups in total. The van der Waals surface area contributed by atoms with Gasteiger partial charge in [0.25, 0.3) is 0 Å². The second-order valence-corrected chi connectivity index (χ2v) is 2.25. The van der Waals surface area contributed by atoms with E-state index >= 15 is 0 Å². The van der Waals surface area contributed by atoms with Gasteiger partial charge in [-0.2, -0.15) is 0 Å². The Bertz CT molecular complexity index is 39.7. The van der Waals surface area contributed by atoms with Gasteiger partial charge in [0.1, 0.15) is 0 Å². The molecule has 0 saturated heterocycles. The quantitative estimate of drug-likeness (QED) is 0.316. The van der Waals surface area contributed by atoms with E-state index in [2.05, 4.69) is 4.31 Å². The van der Waals surface area contributed by atoms with Gasteiger partial charge < -0.3 is 19.6 Å². The van der Waals surface area contributed by atoms with E-state index in [1.165, 1.54) is 0 Å². The van der Waals surface area contributed by atoms with Gasteiger partial charge in [0.15, 0.2) is 0 Å². The van der Waals surface area contributed by atoms with Gasteiger partial charge in [-0.15, -0.1) is 0 Å². The molecule has 0 unspecified atom stereocenters. The van der Waals surface area contributed by atoms with Gasteiger partial charge in [-0.25, -0.2) is 4.31 Å². The summed E-state index contributed by atoms with van der Waals surface area (Å²) in [6.07, 6.45) is 0. The fourth-order valence-electron chi connectivity index (χ4n) is 0.0653. The van der Waals surface area contributed by atoms with Crippen molar-refractivity contribution in [2.24, 2.45) is 0 Å². The molecule has 0 rings (SSSR count). The zero-order valence-electron chi connectivity index (χ0n) is 4.09. The van der Waals surface area contributed by atoms with Gasteiger partial charge in [-0.1, -0.05) is 0 Å². The minimum absolute atomic E-state index is 0. The Kier molecular flexibility index (Phi) is 10.5. The molecule has 0 atom stereocenters. The Morgan fingerprint density at radius 3 is 1.12 bits per heavy atom. The first-order chi connectivity index (χ1) is 3.13. The molecule has 0 fully saturated rings. The Morgan fingerprint density at radius 2 is 1.12 bits per heavy atom. The van der Waals surface area contributed by atoms with E-state index in [0.29, 0.717) is 0 Å². The van der Waals surface area contributed by atoms with Crippen molar-refractivity contribution in [3.8, 4) is 0 Å². The van der Waals surface area contributed by atoms with Crippen molar-refractivity contribution in [3.05, 3.63) is 0 Å². The maximum atomic E-state index is 7.82. The van der Waals surface area contributed by atoms with E-state index in [9.17, 15) is 0 Å². The van der Waals surface area contributed by atoms with E-state index in [0.717, 1.165) is 0 Å². The molecule has 5 nitrogen and oxygen atoms in total. The number of rotatable bonds is 2. The van der Waals surface area contributed by atoms with Gasteiger partial charge in [-0.05, 0) is 0 Å². The van der Waals surface area contributed by atoms with Crippen LogP contribution in [0.5, 0.6) is 0 Å². The largest absolute Gasteiger partial charge is 0.334 e. The third kappa shape index (κ3) is 10.6. The molecule has 0 aliphatic rings. The van der Waals surface area contributed by atoms with Gasteiger partial charge >= 0.3 is 17.2 Å². The molecule has 1 radical (unpaired) electrons. The van der Waals surface area contributed by atoms with Crippen molar-refractivity contribution >= 4 is 46.8 Å². The molecule has 0 aromatic heterocycles. The predicted octanol–water partition coefficient (Wildman–Crippen LogP) is -0.955. The minimum atomic E-state index is -2.61. The van der Waals surface area contributed by atoms with Crippen LogP contribution in [0.15, 0.2) is 0 Å². The first kappa shape index (κ1) is 12.3. The molecule has 0 bridgehead atoms. The molecule has 0 saturated carbocycles. The van der Waals surface area contributed by atoms with Crippen LogP contribution in [0.1, 0.15) is 0 Å². The molecule has 45 valence electrons. The van der Waals surface area contributed by atoms with Crippen LogP contribution in [0.4, 0.5) is 0 Å². The summed E-state index contributed by atoms with van der Waals surface area (Å²) in [6, 6.07) is 0. The van der Waals surface area contributed by atoms with E-state index < -0.39 is 17.2 Å². The molecule has 0 aromatic rings. The van der Waals surface area contributed by atoms with Gasteiger partial charge in [-0.3, -0.25) is 0 Å². The van der Waals surface area contributed by atoms with Crippen molar-refractivity contribution in [1.29, 1.82) is 0 Å². The molecule has 0 aliphatic heterocycles. The van der Waals surface area contributed by atoms with Gasteiger partial charge in [0.05, 0.1) is 0 Å². The van der Waals surface area contributed by atoms with E-state index in [1.807, 2.05) is 0 Å². The smallest absolute Gasteiger partial charge is 0.328 e. The molecule has 0 amide bonds. The second kappa shape index (κ2) is 6.78. The SMILES string of the molecule is OP(O)OP(O)O.[Na]. The Hall–Kier alpha value is 1.66. The number of hydrogen-bond donors (Lipinski definition) is 4. The number of hydrogen-bond acceptors (Lipinski definition) is 5. The third-order valence-corrected chi connectivity index (χ3v) is 1.31. The topological polar surface area (TPSA) is 90.2 Å². The summed E-state index contributed by atoms with van der Waals surface area (Å²) in [7, 11) is -5.22. The van der Waals surface area contributed by atoms with Crippen molar-refractivity contribution in [1.82, 2.24) is 0 Å². The van der Waals surface area contributed by atoms with E-state index in [4.69, 9.17) is 19.6 Å². The average molecular weight is 169 g/mol. The van der Waals surface area contributed by atoms with Gasteiger partial charge in [0.2, 0.25) is 0 Å². The standard InChI is InChI=1S/Na.H4O5P2/c;1-6(2)5-7(3)4/h;1-4H.